The van der Waals surface area contributed by atoms with Crippen LogP contribution < -0.4 is 9.80 Å². The molecule has 0 unspecified atom stereocenters. The van der Waals surface area contributed by atoms with Crippen LogP contribution in [0.1, 0.15) is 87.8 Å². The molecule has 0 amide bonds. The fourth-order valence-electron chi connectivity index (χ4n) is 13.8. The largest absolute Gasteiger partial charge is 0.313 e. The second-order valence-electron chi connectivity index (χ2n) is 22.5. The standard InChI is InChI=1S/C69H56N4/c1-67(2)53-27-15-19-31-63(53)72(45-33-35-61-51(37-45)47-25-13-17-29-59(47)70(61)43-21-9-7-10-22-43)65-41-55-49(39-57(65)67)50-40-58-66(42-56(50)69(55,5)6)73(64-32-20-16-28-54(64)68(58,3)4)46-34-36-62-52(38-46)48-26-14-18-30-60(48)71(62)44-23-11-8-12-24-44/h7-11,13-23,25-42H,12,24H2,1-6H3. The van der Waals surface area contributed by atoms with Gasteiger partial charge in [-0.25, -0.2) is 0 Å². The normalized spacial score (nSPS) is 16.5. The first-order valence-electron chi connectivity index (χ1n) is 26.2. The quantitative estimate of drug-likeness (QED) is 0.175. The van der Waals surface area contributed by atoms with Gasteiger partial charge in [0.15, 0.2) is 0 Å². The molecule has 4 heterocycles. The summed E-state index contributed by atoms with van der Waals surface area (Å²) in [7, 11) is 0. The van der Waals surface area contributed by atoms with E-state index < -0.39 is 0 Å². The van der Waals surface area contributed by atoms with Crippen molar-refractivity contribution in [2.24, 2.45) is 0 Å². The Kier molecular flexibility index (Phi) is 8.63. The van der Waals surface area contributed by atoms with Crippen LogP contribution in [0.25, 0.3) is 66.1 Å². The average molecular weight is 941 g/mol. The molecule has 4 heteroatoms. The van der Waals surface area contributed by atoms with Crippen molar-refractivity contribution in [3.8, 4) is 16.8 Å². The number of nitrogens with zero attached hydrogens (tertiary/aromatic N) is 4. The second-order valence-corrected chi connectivity index (χ2v) is 22.5. The second kappa shape index (κ2) is 14.9. The molecule has 73 heavy (non-hydrogen) atoms. The zero-order valence-corrected chi connectivity index (χ0v) is 42.3. The molecule has 0 saturated heterocycles. The van der Waals surface area contributed by atoms with Crippen molar-refractivity contribution in [2.45, 2.75) is 70.6 Å². The van der Waals surface area contributed by atoms with Crippen LogP contribution in [0.4, 0.5) is 34.1 Å². The molecule has 0 spiro atoms. The SMILES string of the molecule is CC1(C)c2cc3c(cc2-c2cc4c(cc21)N(c1ccc2c(c1)c1ccccc1n2-c1ccccc1)c1ccccc1C4(C)C)C(C)(C)c1ccccc1N3c1ccc2c(c1)c1ccccc1n2C1=CC=CCC1. The van der Waals surface area contributed by atoms with Crippen LogP contribution >= 0.6 is 0 Å². The highest BCUT2D eigenvalue weighted by molar-refractivity contribution is 6.13. The van der Waals surface area contributed by atoms with Crippen LogP contribution in [0.15, 0.2) is 206 Å². The lowest BCUT2D eigenvalue weighted by Gasteiger charge is -2.43. The monoisotopic (exact) mass is 940 g/mol. The number of benzene rings is 9. The third-order valence-electron chi connectivity index (χ3n) is 17.5. The Balaban J connectivity index is 0.925. The van der Waals surface area contributed by atoms with Crippen LogP contribution in [0.2, 0.25) is 0 Å². The van der Waals surface area contributed by atoms with Crippen LogP contribution in [-0.2, 0) is 16.2 Å². The van der Waals surface area contributed by atoms with E-state index in [1.807, 2.05) is 0 Å². The smallest absolute Gasteiger partial charge is 0.0542 e. The molecule has 4 nitrogen and oxygen atoms in total. The molecule has 11 aromatic rings. The number of hydrogen-bond acceptors (Lipinski definition) is 2. The van der Waals surface area contributed by atoms with Gasteiger partial charge in [-0.15, -0.1) is 0 Å². The molecule has 2 aromatic heterocycles. The molecule has 0 radical (unpaired) electrons. The van der Waals surface area contributed by atoms with Crippen LogP contribution in [0.3, 0.4) is 0 Å². The first-order chi connectivity index (χ1) is 35.5. The Bertz CT molecular complexity index is 4250. The van der Waals surface area contributed by atoms with Crippen molar-refractivity contribution in [2.75, 3.05) is 9.80 Å². The molecule has 9 aromatic carbocycles. The number of fused-ring (bicyclic) bond motifs is 13. The van der Waals surface area contributed by atoms with Crippen LogP contribution in [0, 0.1) is 0 Å². The third-order valence-corrected chi connectivity index (χ3v) is 17.5. The highest BCUT2D eigenvalue weighted by Crippen LogP contribution is 2.61. The number of rotatable bonds is 4. The maximum atomic E-state index is 2.58. The van der Waals surface area contributed by atoms with Crippen molar-refractivity contribution >= 4 is 83.4 Å². The van der Waals surface area contributed by atoms with Crippen molar-refractivity contribution in [3.63, 3.8) is 0 Å². The lowest BCUT2D eigenvalue weighted by atomic mass is 9.71. The summed E-state index contributed by atoms with van der Waals surface area (Å²) in [5.41, 5.74) is 24.8. The Labute approximate surface area is 427 Å². The van der Waals surface area contributed by atoms with E-state index in [1.165, 1.54) is 134 Å². The van der Waals surface area contributed by atoms with Crippen molar-refractivity contribution < 1.29 is 0 Å². The summed E-state index contributed by atoms with van der Waals surface area (Å²) >= 11 is 0. The van der Waals surface area contributed by atoms with Crippen molar-refractivity contribution in [3.05, 3.63) is 240 Å². The summed E-state index contributed by atoms with van der Waals surface area (Å²) in [5.74, 6) is 0. The van der Waals surface area contributed by atoms with Crippen LogP contribution in [-0.4, -0.2) is 9.13 Å². The first-order valence-corrected chi connectivity index (χ1v) is 26.2. The van der Waals surface area contributed by atoms with Gasteiger partial charge in [-0.1, -0.05) is 145 Å². The number of anilines is 6. The van der Waals surface area contributed by atoms with Gasteiger partial charge in [0.25, 0.3) is 0 Å². The van der Waals surface area contributed by atoms with E-state index >= 15 is 0 Å². The lowest BCUT2D eigenvalue weighted by molar-refractivity contribution is 0.624. The summed E-state index contributed by atoms with van der Waals surface area (Å²) in [6.45, 7) is 14.6. The van der Waals surface area contributed by atoms with Gasteiger partial charge in [0.05, 0.1) is 44.8 Å². The van der Waals surface area contributed by atoms with E-state index in [1.54, 1.807) is 0 Å². The predicted octanol–water partition coefficient (Wildman–Crippen LogP) is 18.6. The zero-order chi connectivity index (χ0) is 49.1. The molecule has 2 aliphatic carbocycles. The Hall–Kier alpha value is -8.34. The Morgan fingerprint density at radius 3 is 1.33 bits per heavy atom. The number of hydrogen-bond donors (Lipinski definition) is 0. The number of aromatic nitrogens is 2. The highest BCUT2D eigenvalue weighted by Gasteiger charge is 2.45. The van der Waals surface area contributed by atoms with E-state index in [-0.39, 0.29) is 16.2 Å². The van der Waals surface area contributed by atoms with Gasteiger partial charge in [0.1, 0.15) is 0 Å². The van der Waals surface area contributed by atoms with Gasteiger partial charge >= 0.3 is 0 Å². The van der Waals surface area contributed by atoms with Crippen molar-refractivity contribution in [1.82, 2.24) is 9.13 Å². The molecule has 2 aliphatic heterocycles. The fraction of sp³-hybridized carbons (Fsp3) is 0.159. The molecule has 0 bridgehead atoms. The summed E-state index contributed by atoms with van der Waals surface area (Å²) in [6, 6.07) is 71.4. The number of para-hydroxylation sites is 5. The molecular formula is C69H56N4. The molecular weight excluding hydrogens is 885 g/mol. The van der Waals surface area contributed by atoms with E-state index in [0.717, 1.165) is 12.8 Å². The van der Waals surface area contributed by atoms with Gasteiger partial charge < -0.3 is 18.9 Å². The third kappa shape index (κ3) is 5.72. The van der Waals surface area contributed by atoms with Gasteiger partial charge in [-0.05, 0) is 160 Å². The highest BCUT2D eigenvalue weighted by atomic mass is 15.2. The Morgan fingerprint density at radius 1 is 0.342 bits per heavy atom. The maximum Gasteiger partial charge on any atom is 0.0542 e. The summed E-state index contributed by atoms with van der Waals surface area (Å²) in [4.78, 5) is 5.13. The van der Waals surface area contributed by atoms with E-state index in [0.29, 0.717) is 0 Å². The topological polar surface area (TPSA) is 16.3 Å². The molecule has 0 fully saturated rings. The van der Waals surface area contributed by atoms with Gasteiger partial charge in [-0.3, -0.25) is 0 Å². The minimum absolute atomic E-state index is 0.253. The van der Waals surface area contributed by atoms with Gasteiger partial charge in [0, 0.05) is 60.5 Å². The first kappa shape index (κ1) is 42.4. The van der Waals surface area contributed by atoms with E-state index in [2.05, 4.69) is 267 Å². The molecule has 0 atom stereocenters. The Morgan fingerprint density at radius 2 is 0.795 bits per heavy atom. The van der Waals surface area contributed by atoms with E-state index in [4.69, 9.17) is 0 Å². The lowest BCUT2D eigenvalue weighted by Crippen LogP contribution is -2.31. The molecule has 15 rings (SSSR count). The minimum atomic E-state index is -0.291. The fourth-order valence-corrected chi connectivity index (χ4v) is 13.8. The summed E-state index contributed by atoms with van der Waals surface area (Å²) in [6.07, 6.45) is 8.87. The summed E-state index contributed by atoms with van der Waals surface area (Å²) in [5, 5.41) is 5.07. The van der Waals surface area contributed by atoms with Gasteiger partial charge in [-0.2, -0.15) is 0 Å². The molecule has 0 saturated carbocycles. The zero-order valence-electron chi connectivity index (χ0n) is 42.3. The van der Waals surface area contributed by atoms with E-state index in [9.17, 15) is 0 Å². The average Bonchev–Trinajstić information content (AvgIpc) is 4.01. The van der Waals surface area contributed by atoms with Crippen LogP contribution in [0.5, 0.6) is 0 Å². The molecule has 352 valence electrons. The molecule has 4 aliphatic rings. The maximum absolute atomic E-state index is 2.58. The summed E-state index contributed by atoms with van der Waals surface area (Å²) < 4.78 is 4.91. The predicted molar refractivity (Wildman–Crippen MR) is 308 cm³/mol. The molecule has 0 N–H and O–H groups in total. The van der Waals surface area contributed by atoms with Crippen molar-refractivity contribution in [1.29, 1.82) is 0 Å². The minimum Gasteiger partial charge on any atom is -0.313 e. The number of allylic oxidation sites excluding steroid dienone is 4. The van der Waals surface area contributed by atoms with Gasteiger partial charge in [0.2, 0.25) is 0 Å².